The van der Waals surface area contributed by atoms with Gasteiger partial charge in [-0.05, 0) is 18.7 Å². The molecule has 1 aromatic rings. The van der Waals surface area contributed by atoms with Gasteiger partial charge >= 0.3 is 0 Å². The highest BCUT2D eigenvalue weighted by atomic mass is 32.2. The average Bonchev–Trinajstić information content (AvgIpc) is 2.25. The molecule has 0 amide bonds. The van der Waals surface area contributed by atoms with Crippen molar-refractivity contribution in [3.05, 3.63) is 29.8 Å². The SMILES string of the molecule is CN1CCSc2ccccc2C1. The molecule has 64 valence electrons. The Kier molecular flexibility index (Phi) is 2.38. The molecule has 0 saturated carbocycles. The Balaban J connectivity index is 2.31. The molecule has 1 aliphatic heterocycles. The van der Waals surface area contributed by atoms with Gasteiger partial charge < -0.3 is 4.90 Å². The number of rotatable bonds is 0. The van der Waals surface area contributed by atoms with Crippen LogP contribution >= 0.6 is 11.8 Å². The van der Waals surface area contributed by atoms with E-state index in [1.165, 1.54) is 22.8 Å². The van der Waals surface area contributed by atoms with Gasteiger partial charge in [0, 0.05) is 23.7 Å². The minimum atomic E-state index is 1.10. The molecule has 0 atom stereocenters. The lowest BCUT2D eigenvalue weighted by Crippen LogP contribution is -2.18. The van der Waals surface area contributed by atoms with Crippen LogP contribution in [0, 0.1) is 0 Å². The van der Waals surface area contributed by atoms with Crippen LogP contribution in [0.2, 0.25) is 0 Å². The number of hydrogen-bond acceptors (Lipinski definition) is 2. The molecular formula is C10H13NS. The van der Waals surface area contributed by atoms with Gasteiger partial charge in [-0.15, -0.1) is 11.8 Å². The van der Waals surface area contributed by atoms with Crippen molar-refractivity contribution in [3.8, 4) is 0 Å². The predicted octanol–water partition coefficient (Wildman–Crippen LogP) is 2.22. The monoisotopic (exact) mass is 179 g/mol. The average molecular weight is 179 g/mol. The van der Waals surface area contributed by atoms with Crippen molar-refractivity contribution < 1.29 is 0 Å². The molecule has 0 unspecified atom stereocenters. The molecule has 0 bridgehead atoms. The zero-order valence-corrected chi connectivity index (χ0v) is 8.10. The van der Waals surface area contributed by atoms with Crippen molar-refractivity contribution in [1.82, 2.24) is 4.90 Å². The fraction of sp³-hybridized carbons (Fsp3) is 0.400. The summed E-state index contributed by atoms with van der Waals surface area (Å²) in [5.41, 5.74) is 1.47. The largest absolute Gasteiger partial charge is 0.301 e. The van der Waals surface area contributed by atoms with Gasteiger partial charge in [0.2, 0.25) is 0 Å². The van der Waals surface area contributed by atoms with Crippen molar-refractivity contribution in [3.63, 3.8) is 0 Å². The van der Waals surface area contributed by atoms with Crippen LogP contribution in [0.15, 0.2) is 29.2 Å². The van der Waals surface area contributed by atoms with Crippen molar-refractivity contribution in [2.45, 2.75) is 11.4 Å². The van der Waals surface area contributed by atoms with Crippen molar-refractivity contribution >= 4 is 11.8 Å². The molecular weight excluding hydrogens is 166 g/mol. The van der Waals surface area contributed by atoms with Crippen LogP contribution in [0.3, 0.4) is 0 Å². The number of benzene rings is 1. The smallest absolute Gasteiger partial charge is 0.0242 e. The summed E-state index contributed by atoms with van der Waals surface area (Å²) in [6.45, 7) is 2.29. The van der Waals surface area contributed by atoms with Crippen LogP contribution in [-0.4, -0.2) is 24.2 Å². The van der Waals surface area contributed by atoms with E-state index in [9.17, 15) is 0 Å². The summed E-state index contributed by atoms with van der Waals surface area (Å²) in [4.78, 5) is 3.83. The zero-order chi connectivity index (χ0) is 8.39. The fourth-order valence-corrected chi connectivity index (χ4v) is 2.57. The van der Waals surface area contributed by atoms with Crippen LogP contribution in [0.4, 0.5) is 0 Å². The Bertz CT molecular complexity index is 272. The lowest BCUT2D eigenvalue weighted by atomic mass is 10.2. The molecule has 0 spiro atoms. The van der Waals surface area contributed by atoms with E-state index >= 15 is 0 Å². The number of nitrogens with zero attached hydrogens (tertiary/aromatic N) is 1. The molecule has 0 aromatic heterocycles. The molecule has 1 nitrogen and oxygen atoms in total. The standard InChI is InChI=1S/C10H13NS/c1-11-6-7-12-10-5-3-2-4-9(10)8-11/h2-5H,6-8H2,1H3. The summed E-state index contributed by atoms with van der Waals surface area (Å²) in [6.07, 6.45) is 0. The Morgan fingerprint density at radius 2 is 2.17 bits per heavy atom. The highest BCUT2D eigenvalue weighted by molar-refractivity contribution is 7.99. The molecule has 0 aliphatic carbocycles. The third kappa shape index (κ3) is 1.65. The van der Waals surface area contributed by atoms with Crippen LogP contribution in [0.1, 0.15) is 5.56 Å². The minimum absolute atomic E-state index is 1.10. The highest BCUT2D eigenvalue weighted by Crippen LogP contribution is 2.26. The van der Waals surface area contributed by atoms with Gasteiger partial charge in [0.25, 0.3) is 0 Å². The Morgan fingerprint density at radius 1 is 1.33 bits per heavy atom. The van der Waals surface area contributed by atoms with E-state index in [1.54, 1.807) is 0 Å². The summed E-state index contributed by atoms with van der Waals surface area (Å²) in [7, 11) is 2.18. The van der Waals surface area contributed by atoms with Gasteiger partial charge in [-0.2, -0.15) is 0 Å². The first-order valence-electron chi connectivity index (χ1n) is 4.25. The van der Waals surface area contributed by atoms with E-state index in [1.807, 2.05) is 11.8 Å². The van der Waals surface area contributed by atoms with Gasteiger partial charge in [-0.3, -0.25) is 0 Å². The summed E-state index contributed by atoms with van der Waals surface area (Å²) in [5, 5.41) is 0. The third-order valence-corrected chi connectivity index (χ3v) is 3.24. The van der Waals surface area contributed by atoms with Gasteiger partial charge in [0.15, 0.2) is 0 Å². The van der Waals surface area contributed by atoms with Crippen LogP contribution < -0.4 is 0 Å². The van der Waals surface area contributed by atoms with E-state index in [2.05, 4.69) is 36.2 Å². The van der Waals surface area contributed by atoms with Crippen LogP contribution in [0.5, 0.6) is 0 Å². The van der Waals surface area contributed by atoms with E-state index in [4.69, 9.17) is 0 Å². The number of thioether (sulfide) groups is 1. The maximum atomic E-state index is 2.37. The Morgan fingerprint density at radius 3 is 3.08 bits per heavy atom. The quantitative estimate of drug-likeness (QED) is 0.601. The van der Waals surface area contributed by atoms with Crippen LogP contribution in [-0.2, 0) is 6.54 Å². The van der Waals surface area contributed by atoms with E-state index in [0.717, 1.165) is 6.54 Å². The second kappa shape index (κ2) is 3.50. The first kappa shape index (κ1) is 8.14. The number of fused-ring (bicyclic) bond motifs is 1. The van der Waals surface area contributed by atoms with Crippen LogP contribution in [0.25, 0.3) is 0 Å². The van der Waals surface area contributed by atoms with Gasteiger partial charge in [-0.1, -0.05) is 18.2 Å². The minimum Gasteiger partial charge on any atom is -0.301 e. The fourth-order valence-electron chi connectivity index (χ4n) is 1.46. The van der Waals surface area contributed by atoms with Gasteiger partial charge in [0.1, 0.15) is 0 Å². The topological polar surface area (TPSA) is 3.24 Å². The van der Waals surface area contributed by atoms with Gasteiger partial charge in [-0.25, -0.2) is 0 Å². The third-order valence-electron chi connectivity index (χ3n) is 2.14. The maximum absolute atomic E-state index is 2.37. The molecule has 1 aliphatic rings. The molecule has 12 heavy (non-hydrogen) atoms. The molecule has 0 fully saturated rings. The second-order valence-electron chi connectivity index (χ2n) is 3.19. The first-order valence-corrected chi connectivity index (χ1v) is 5.24. The highest BCUT2D eigenvalue weighted by Gasteiger charge is 2.09. The molecule has 1 aromatic carbocycles. The number of hydrogen-bond donors (Lipinski definition) is 0. The first-order chi connectivity index (χ1) is 5.86. The molecule has 0 radical (unpaired) electrons. The molecule has 0 saturated heterocycles. The molecule has 2 rings (SSSR count). The normalized spacial score (nSPS) is 18.4. The van der Waals surface area contributed by atoms with E-state index in [0.29, 0.717) is 0 Å². The van der Waals surface area contributed by atoms with Crippen molar-refractivity contribution in [2.75, 3.05) is 19.3 Å². The van der Waals surface area contributed by atoms with E-state index in [-0.39, 0.29) is 0 Å². The molecule has 0 N–H and O–H groups in total. The summed E-state index contributed by atoms with van der Waals surface area (Å²) in [5.74, 6) is 1.22. The lowest BCUT2D eigenvalue weighted by Gasteiger charge is -2.12. The second-order valence-corrected chi connectivity index (χ2v) is 4.33. The van der Waals surface area contributed by atoms with Crippen molar-refractivity contribution in [1.29, 1.82) is 0 Å². The molecule has 1 heterocycles. The van der Waals surface area contributed by atoms with E-state index < -0.39 is 0 Å². The summed E-state index contributed by atoms with van der Waals surface area (Å²) >= 11 is 1.97. The zero-order valence-electron chi connectivity index (χ0n) is 7.29. The Labute approximate surface area is 77.8 Å². The lowest BCUT2D eigenvalue weighted by molar-refractivity contribution is 0.349. The van der Waals surface area contributed by atoms with Gasteiger partial charge in [0.05, 0.1) is 0 Å². The summed E-state index contributed by atoms with van der Waals surface area (Å²) in [6, 6.07) is 8.69. The predicted molar refractivity (Wildman–Crippen MR) is 53.5 cm³/mol. The van der Waals surface area contributed by atoms with Crippen molar-refractivity contribution in [2.24, 2.45) is 0 Å². The summed E-state index contributed by atoms with van der Waals surface area (Å²) < 4.78 is 0. The Hall–Kier alpha value is -0.470. The molecule has 2 heteroatoms. The maximum Gasteiger partial charge on any atom is 0.0242 e.